The predicted molar refractivity (Wildman–Crippen MR) is 91.7 cm³/mol. The molecule has 3 aromatic rings. The third-order valence-electron chi connectivity index (χ3n) is 3.86. The zero-order valence-corrected chi connectivity index (χ0v) is 13.5. The summed E-state index contributed by atoms with van der Waals surface area (Å²) in [7, 11) is 1.61. The van der Waals surface area contributed by atoms with Gasteiger partial charge in [0.25, 0.3) is 11.8 Å². The number of carbonyl (C=O) groups excluding carboxylic acids is 2. The average Bonchev–Trinajstić information content (AvgIpc) is 3.19. The molecule has 0 N–H and O–H groups in total. The molecule has 0 fully saturated rings. The van der Waals surface area contributed by atoms with Crippen LogP contribution in [0.3, 0.4) is 0 Å². The number of imide groups is 1. The largest absolute Gasteiger partial charge is 0.497 e. The van der Waals surface area contributed by atoms with Crippen LogP contribution in [0.15, 0.2) is 53.9 Å². The van der Waals surface area contributed by atoms with Crippen molar-refractivity contribution in [1.29, 1.82) is 0 Å². The van der Waals surface area contributed by atoms with Crippen LogP contribution >= 0.6 is 11.3 Å². The molecular weight excluding hydrogens is 324 g/mol. The predicted octanol–water partition coefficient (Wildman–Crippen LogP) is 3.62. The number of hydrogen-bond donors (Lipinski definition) is 0. The first-order chi connectivity index (χ1) is 11.7. The molecule has 1 aliphatic rings. The Balaban J connectivity index is 1.68. The standard InChI is InChI=1S/C18H12N2O3S/c1-23-12-8-6-11(7-9-12)15-10-24-18(19-15)20-16(21)13-4-2-3-5-14(13)17(20)22/h2-10H,1H3. The molecule has 2 amide bonds. The van der Waals surface area contributed by atoms with Gasteiger partial charge in [0, 0.05) is 10.9 Å². The van der Waals surface area contributed by atoms with Crippen LogP contribution in [0.4, 0.5) is 5.13 Å². The summed E-state index contributed by atoms with van der Waals surface area (Å²) in [4.78, 5) is 30.6. The molecule has 0 saturated heterocycles. The van der Waals surface area contributed by atoms with Crippen LogP contribution in [0.5, 0.6) is 5.75 Å². The second-order valence-corrected chi connectivity index (χ2v) is 6.07. The Morgan fingerprint density at radius 1 is 0.958 bits per heavy atom. The average molecular weight is 336 g/mol. The number of amides is 2. The normalized spacial score (nSPS) is 13.3. The first-order valence-electron chi connectivity index (χ1n) is 7.27. The number of benzene rings is 2. The lowest BCUT2D eigenvalue weighted by molar-refractivity contribution is 0.0926. The summed E-state index contributed by atoms with van der Waals surface area (Å²) in [6, 6.07) is 14.3. The Kier molecular flexibility index (Phi) is 3.39. The minimum Gasteiger partial charge on any atom is -0.497 e. The molecule has 4 rings (SSSR count). The fraction of sp³-hybridized carbons (Fsp3) is 0.0556. The van der Waals surface area contributed by atoms with Crippen LogP contribution in [0, 0.1) is 0 Å². The van der Waals surface area contributed by atoms with Gasteiger partial charge in [-0.05, 0) is 36.4 Å². The summed E-state index contributed by atoms with van der Waals surface area (Å²) >= 11 is 1.27. The van der Waals surface area contributed by atoms with E-state index >= 15 is 0 Å². The summed E-state index contributed by atoms with van der Waals surface area (Å²) in [5.74, 6) is 0.104. The zero-order valence-electron chi connectivity index (χ0n) is 12.7. The summed E-state index contributed by atoms with van der Waals surface area (Å²) in [5.41, 5.74) is 2.46. The molecule has 2 heterocycles. The molecule has 0 unspecified atom stereocenters. The van der Waals surface area contributed by atoms with Gasteiger partial charge in [-0.2, -0.15) is 0 Å². The van der Waals surface area contributed by atoms with Crippen LogP contribution in [-0.4, -0.2) is 23.9 Å². The van der Waals surface area contributed by atoms with E-state index < -0.39 is 0 Å². The molecule has 6 heteroatoms. The van der Waals surface area contributed by atoms with Crippen LogP contribution < -0.4 is 9.64 Å². The highest BCUT2D eigenvalue weighted by atomic mass is 32.1. The summed E-state index contributed by atoms with van der Waals surface area (Å²) in [6.07, 6.45) is 0. The van der Waals surface area contributed by atoms with E-state index in [0.717, 1.165) is 16.2 Å². The molecule has 0 spiro atoms. The van der Waals surface area contributed by atoms with Gasteiger partial charge in [-0.1, -0.05) is 12.1 Å². The molecule has 118 valence electrons. The van der Waals surface area contributed by atoms with Gasteiger partial charge >= 0.3 is 0 Å². The monoisotopic (exact) mass is 336 g/mol. The molecule has 5 nitrogen and oxygen atoms in total. The molecule has 0 bridgehead atoms. The minimum absolute atomic E-state index is 0.328. The van der Waals surface area contributed by atoms with Crippen LogP contribution in [0.2, 0.25) is 0 Å². The lowest BCUT2D eigenvalue weighted by Gasteiger charge is -2.08. The van der Waals surface area contributed by atoms with E-state index in [0.29, 0.717) is 22.0 Å². The minimum atomic E-state index is -0.328. The smallest absolute Gasteiger partial charge is 0.268 e. The number of rotatable bonds is 3. The van der Waals surface area contributed by atoms with Crippen molar-refractivity contribution in [2.45, 2.75) is 0 Å². The van der Waals surface area contributed by atoms with E-state index in [4.69, 9.17) is 4.74 Å². The maximum Gasteiger partial charge on any atom is 0.268 e. The number of hydrogen-bond acceptors (Lipinski definition) is 5. The van der Waals surface area contributed by atoms with Gasteiger partial charge in [0.1, 0.15) is 5.75 Å². The van der Waals surface area contributed by atoms with Crippen molar-refractivity contribution in [3.05, 3.63) is 65.0 Å². The number of thiazole rings is 1. The highest BCUT2D eigenvalue weighted by Crippen LogP contribution is 2.33. The van der Waals surface area contributed by atoms with Crippen molar-refractivity contribution in [3.8, 4) is 17.0 Å². The summed E-state index contributed by atoms with van der Waals surface area (Å²) in [6.45, 7) is 0. The quantitative estimate of drug-likeness (QED) is 0.686. The van der Waals surface area contributed by atoms with Gasteiger partial charge in [0.15, 0.2) is 5.13 Å². The number of methoxy groups -OCH3 is 1. The SMILES string of the molecule is COc1ccc(-c2csc(N3C(=O)c4ccccc4C3=O)n2)cc1. The first-order valence-corrected chi connectivity index (χ1v) is 8.15. The topological polar surface area (TPSA) is 59.5 Å². The van der Waals surface area contributed by atoms with Gasteiger partial charge in [-0.25, -0.2) is 9.88 Å². The Labute approximate surface area is 142 Å². The molecule has 0 atom stereocenters. The van der Waals surface area contributed by atoms with E-state index in [1.165, 1.54) is 11.3 Å². The third kappa shape index (κ3) is 2.19. The van der Waals surface area contributed by atoms with E-state index in [1.54, 1.807) is 31.4 Å². The fourth-order valence-electron chi connectivity index (χ4n) is 2.62. The Hall–Kier alpha value is -2.99. The van der Waals surface area contributed by atoms with Crippen LogP contribution in [0.25, 0.3) is 11.3 Å². The van der Waals surface area contributed by atoms with Crippen molar-refractivity contribution in [2.75, 3.05) is 12.0 Å². The number of carbonyl (C=O) groups is 2. The Morgan fingerprint density at radius 3 is 2.17 bits per heavy atom. The number of ether oxygens (including phenoxy) is 1. The highest BCUT2D eigenvalue weighted by molar-refractivity contribution is 7.14. The van der Waals surface area contributed by atoms with Gasteiger partial charge < -0.3 is 4.74 Å². The number of fused-ring (bicyclic) bond motifs is 1. The molecule has 2 aromatic carbocycles. The van der Waals surface area contributed by atoms with Crippen molar-refractivity contribution < 1.29 is 14.3 Å². The number of aromatic nitrogens is 1. The first kappa shape index (κ1) is 14.6. The number of nitrogens with zero attached hydrogens (tertiary/aromatic N) is 2. The van der Waals surface area contributed by atoms with E-state index in [2.05, 4.69) is 4.98 Å². The number of anilines is 1. The fourth-order valence-corrected chi connectivity index (χ4v) is 3.45. The van der Waals surface area contributed by atoms with E-state index in [9.17, 15) is 9.59 Å². The molecule has 24 heavy (non-hydrogen) atoms. The molecule has 1 aliphatic heterocycles. The van der Waals surface area contributed by atoms with Crippen molar-refractivity contribution >= 4 is 28.3 Å². The van der Waals surface area contributed by atoms with Crippen molar-refractivity contribution in [3.63, 3.8) is 0 Å². The van der Waals surface area contributed by atoms with Gasteiger partial charge in [-0.15, -0.1) is 11.3 Å². The molecule has 0 radical (unpaired) electrons. The van der Waals surface area contributed by atoms with E-state index in [-0.39, 0.29) is 11.8 Å². The van der Waals surface area contributed by atoms with Crippen molar-refractivity contribution in [2.24, 2.45) is 0 Å². The van der Waals surface area contributed by atoms with E-state index in [1.807, 2.05) is 29.6 Å². The third-order valence-corrected chi connectivity index (χ3v) is 4.69. The second-order valence-electron chi connectivity index (χ2n) is 5.24. The second kappa shape index (κ2) is 5.58. The van der Waals surface area contributed by atoms with Crippen molar-refractivity contribution in [1.82, 2.24) is 4.98 Å². The maximum absolute atomic E-state index is 12.5. The zero-order chi connectivity index (χ0) is 16.7. The van der Waals surface area contributed by atoms with Gasteiger partial charge in [0.2, 0.25) is 0 Å². The summed E-state index contributed by atoms with van der Waals surface area (Å²) in [5, 5.41) is 2.22. The molecular formula is C18H12N2O3S. The lowest BCUT2D eigenvalue weighted by Crippen LogP contribution is -2.29. The maximum atomic E-state index is 12.5. The lowest BCUT2D eigenvalue weighted by atomic mass is 10.1. The molecule has 0 aliphatic carbocycles. The van der Waals surface area contributed by atoms with Gasteiger partial charge in [-0.3, -0.25) is 9.59 Å². The van der Waals surface area contributed by atoms with Crippen LogP contribution in [0.1, 0.15) is 20.7 Å². The summed E-state index contributed by atoms with van der Waals surface area (Å²) < 4.78 is 5.14. The van der Waals surface area contributed by atoms with Gasteiger partial charge in [0.05, 0.1) is 23.9 Å². The van der Waals surface area contributed by atoms with Crippen LogP contribution in [-0.2, 0) is 0 Å². The molecule has 0 saturated carbocycles. The Bertz CT molecular complexity index is 912. The molecule has 1 aromatic heterocycles. The Morgan fingerprint density at radius 2 is 1.58 bits per heavy atom. The highest BCUT2D eigenvalue weighted by Gasteiger charge is 2.37.